The Morgan fingerprint density at radius 2 is 1.78 bits per heavy atom. The van der Waals surface area contributed by atoms with Crippen molar-refractivity contribution in [3.63, 3.8) is 0 Å². The topological polar surface area (TPSA) is 25.2 Å². The van der Waals surface area contributed by atoms with Crippen LogP contribution in [-0.2, 0) is 17.8 Å². The number of hydrogen-bond donors (Lipinski definition) is 0. The fourth-order valence-corrected chi connectivity index (χ4v) is 7.16. The Kier molecular flexibility index (Phi) is 5.50. The van der Waals surface area contributed by atoms with Gasteiger partial charge in [-0.1, -0.05) is 43.5 Å². The van der Waals surface area contributed by atoms with E-state index in [9.17, 15) is 4.79 Å². The highest BCUT2D eigenvalue weighted by Gasteiger charge is 2.37. The zero-order valence-electron chi connectivity index (χ0n) is 18.8. The van der Waals surface area contributed by atoms with E-state index in [0.29, 0.717) is 5.75 Å². The van der Waals surface area contributed by atoms with Gasteiger partial charge in [0.25, 0.3) is 0 Å². The van der Waals surface area contributed by atoms with Gasteiger partial charge in [0.05, 0.1) is 11.8 Å². The minimum absolute atomic E-state index is 0.252. The van der Waals surface area contributed by atoms with Crippen LogP contribution in [0.5, 0.6) is 0 Å². The molecule has 1 amide bonds. The maximum Gasteiger partial charge on any atom is 0.233 e. The van der Waals surface area contributed by atoms with E-state index in [-0.39, 0.29) is 11.9 Å². The molecule has 2 aliphatic carbocycles. The first-order valence-electron chi connectivity index (χ1n) is 12.4. The summed E-state index contributed by atoms with van der Waals surface area (Å²) in [7, 11) is 0. The van der Waals surface area contributed by atoms with Gasteiger partial charge in [-0.25, -0.2) is 0 Å². The minimum atomic E-state index is 0.252. The number of rotatable bonds is 4. The molecule has 0 spiro atoms. The van der Waals surface area contributed by atoms with E-state index in [1.54, 1.807) is 17.3 Å². The first-order chi connectivity index (χ1) is 15.8. The molecule has 1 unspecified atom stereocenters. The molecule has 1 atom stereocenters. The van der Waals surface area contributed by atoms with Crippen molar-refractivity contribution < 1.29 is 4.79 Å². The summed E-state index contributed by atoms with van der Waals surface area (Å²) in [6, 6.07) is 17.9. The largest absolute Gasteiger partial charge is 0.341 e. The average Bonchev–Trinajstić information content (AvgIpc) is 3.19. The molecule has 2 aromatic carbocycles. The van der Waals surface area contributed by atoms with Gasteiger partial charge in [-0.15, -0.1) is 11.8 Å². The molecule has 32 heavy (non-hydrogen) atoms. The number of aromatic nitrogens is 1. The van der Waals surface area contributed by atoms with Crippen LogP contribution >= 0.6 is 11.8 Å². The molecule has 1 fully saturated rings. The Labute approximate surface area is 195 Å². The van der Waals surface area contributed by atoms with Gasteiger partial charge in [-0.3, -0.25) is 4.79 Å². The Morgan fingerprint density at radius 3 is 2.62 bits per heavy atom. The van der Waals surface area contributed by atoms with Crippen molar-refractivity contribution in [3.05, 3.63) is 65.4 Å². The molecule has 4 heteroatoms. The zero-order valence-corrected chi connectivity index (χ0v) is 19.6. The van der Waals surface area contributed by atoms with E-state index < -0.39 is 0 Å². The van der Waals surface area contributed by atoms with Crippen molar-refractivity contribution >= 4 is 28.6 Å². The van der Waals surface area contributed by atoms with Crippen LogP contribution in [0.25, 0.3) is 10.9 Å². The number of aryl methyl sites for hydroxylation is 1. The zero-order chi connectivity index (χ0) is 21.5. The first kappa shape index (κ1) is 20.4. The summed E-state index contributed by atoms with van der Waals surface area (Å²) >= 11 is 1.66. The fourth-order valence-electron chi connectivity index (χ4n) is 6.36. The standard InChI is InChI=1S/C28H32N2OS/c31-27(19-32-22-10-5-2-6-11-22)29-16-17-30-25-15-14-21(20-8-3-1-4-9-20)18-24(25)23-12-7-13-26(29)28(23)30/h2,5-6,10-11,14-15,18,20,26H,1,3-4,7-9,12-13,16-17,19H2. The molecule has 0 saturated heterocycles. The third kappa shape index (κ3) is 3.57. The van der Waals surface area contributed by atoms with E-state index in [0.717, 1.165) is 31.8 Å². The predicted octanol–water partition coefficient (Wildman–Crippen LogP) is 6.70. The number of carbonyl (C=O) groups excluding carboxylic acids is 1. The lowest BCUT2D eigenvalue weighted by molar-refractivity contribution is -0.132. The Bertz CT molecular complexity index is 1130. The van der Waals surface area contributed by atoms with Gasteiger partial charge in [0.2, 0.25) is 5.91 Å². The van der Waals surface area contributed by atoms with Gasteiger partial charge in [-0.2, -0.15) is 0 Å². The number of benzene rings is 2. The Hall–Kier alpha value is -2.20. The highest BCUT2D eigenvalue weighted by atomic mass is 32.2. The molecule has 0 N–H and O–H groups in total. The Morgan fingerprint density at radius 1 is 0.938 bits per heavy atom. The minimum Gasteiger partial charge on any atom is -0.341 e. The van der Waals surface area contributed by atoms with Crippen LogP contribution in [0, 0.1) is 0 Å². The molecule has 2 heterocycles. The van der Waals surface area contributed by atoms with Crippen molar-refractivity contribution in [1.29, 1.82) is 0 Å². The maximum absolute atomic E-state index is 13.3. The average molecular weight is 445 g/mol. The van der Waals surface area contributed by atoms with Crippen LogP contribution in [0.4, 0.5) is 0 Å². The summed E-state index contributed by atoms with van der Waals surface area (Å²) in [6.45, 7) is 1.76. The molecular formula is C28H32N2OS. The van der Waals surface area contributed by atoms with Gasteiger partial charge >= 0.3 is 0 Å². The second-order valence-electron chi connectivity index (χ2n) is 9.72. The van der Waals surface area contributed by atoms with E-state index in [2.05, 4.69) is 39.8 Å². The Balaban J connectivity index is 1.30. The van der Waals surface area contributed by atoms with Crippen molar-refractivity contribution in [2.75, 3.05) is 12.3 Å². The van der Waals surface area contributed by atoms with Gasteiger partial charge in [0.1, 0.15) is 0 Å². The van der Waals surface area contributed by atoms with E-state index in [1.165, 1.54) is 65.6 Å². The molecule has 166 valence electrons. The van der Waals surface area contributed by atoms with Crippen molar-refractivity contribution in [2.45, 2.75) is 74.8 Å². The quantitative estimate of drug-likeness (QED) is 0.418. The highest BCUT2D eigenvalue weighted by molar-refractivity contribution is 8.00. The van der Waals surface area contributed by atoms with Gasteiger partial charge in [0, 0.05) is 34.6 Å². The van der Waals surface area contributed by atoms with Crippen LogP contribution in [0.1, 0.15) is 73.7 Å². The molecule has 6 rings (SSSR count). The molecule has 1 aliphatic heterocycles. The first-order valence-corrected chi connectivity index (χ1v) is 13.4. The van der Waals surface area contributed by atoms with Crippen LogP contribution in [0.3, 0.4) is 0 Å². The van der Waals surface area contributed by atoms with Gasteiger partial charge < -0.3 is 9.47 Å². The lowest BCUT2D eigenvalue weighted by Gasteiger charge is -2.40. The normalized spacial score (nSPS) is 21.0. The predicted molar refractivity (Wildman–Crippen MR) is 132 cm³/mol. The van der Waals surface area contributed by atoms with E-state index in [4.69, 9.17) is 0 Å². The number of nitrogens with zero attached hydrogens (tertiary/aromatic N) is 2. The second-order valence-corrected chi connectivity index (χ2v) is 10.8. The van der Waals surface area contributed by atoms with Crippen molar-refractivity contribution in [1.82, 2.24) is 9.47 Å². The molecule has 0 bridgehead atoms. The highest BCUT2D eigenvalue weighted by Crippen LogP contribution is 2.44. The molecule has 0 radical (unpaired) electrons. The molecular weight excluding hydrogens is 412 g/mol. The summed E-state index contributed by atoms with van der Waals surface area (Å²) in [4.78, 5) is 16.6. The molecule has 1 saturated carbocycles. The van der Waals surface area contributed by atoms with Crippen LogP contribution < -0.4 is 0 Å². The van der Waals surface area contributed by atoms with Gasteiger partial charge in [-0.05, 0) is 73.4 Å². The van der Waals surface area contributed by atoms with Crippen molar-refractivity contribution in [3.8, 4) is 0 Å². The van der Waals surface area contributed by atoms with E-state index >= 15 is 0 Å². The van der Waals surface area contributed by atoms with E-state index in [1.807, 2.05) is 18.2 Å². The van der Waals surface area contributed by atoms with Crippen molar-refractivity contribution in [2.24, 2.45) is 0 Å². The van der Waals surface area contributed by atoms with Crippen LogP contribution in [-0.4, -0.2) is 27.7 Å². The molecule has 3 aromatic rings. The van der Waals surface area contributed by atoms with Crippen LogP contribution in [0.15, 0.2) is 53.4 Å². The molecule has 1 aromatic heterocycles. The smallest absolute Gasteiger partial charge is 0.233 e. The monoisotopic (exact) mass is 444 g/mol. The number of hydrogen-bond acceptors (Lipinski definition) is 2. The third-order valence-corrected chi connectivity index (χ3v) is 8.90. The molecule has 3 nitrogen and oxygen atoms in total. The second kappa shape index (κ2) is 8.62. The summed E-state index contributed by atoms with van der Waals surface area (Å²) in [5.74, 6) is 1.56. The molecule has 3 aliphatic rings. The van der Waals surface area contributed by atoms with Crippen LogP contribution in [0.2, 0.25) is 0 Å². The fraction of sp³-hybridized carbons (Fsp3) is 0.464. The summed E-state index contributed by atoms with van der Waals surface area (Å²) in [6.07, 6.45) is 10.3. The van der Waals surface area contributed by atoms with Gasteiger partial charge in [0.15, 0.2) is 0 Å². The number of fused-ring (bicyclic) bond motifs is 3. The lowest BCUT2D eigenvalue weighted by Crippen LogP contribution is -2.44. The number of thioether (sulfide) groups is 1. The summed E-state index contributed by atoms with van der Waals surface area (Å²) in [5, 5.41) is 1.47. The lowest BCUT2D eigenvalue weighted by atomic mass is 9.83. The number of carbonyl (C=O) groups is 1. The SMILES string of the molecule is O=C(CSc1ccccc1)N1CCn2c3c(c4cc(C5CCCCC5)ccc42)CCCC31. The summed E-state index contributed by atoms with van der Waals surface area (Å²) in [5.41, 5.74) is 5.91. The third-order valence-electron chi connectivity index (χ3n) is 7.90. The maximum atomic E-state index is 13.3. The number of amides is 1. The summed E-state index contributed by atoms with van der Waals surface area (Å²) < 4.78 is 2.55.